The molecule has 31 heavy (non-hydrogen) atoms. The minimum absolute atomic E-state index is 0.349. The zero-order valence-corrected chi connectivity index (χ0v) is 23.7. The van der Waals surface area contributed by atoms with E-state index in [0.717, 1.165) is 6.42 Å². The van der Waals surface area contributed by atoms with Gasteiger partial charge in [-0.1, -0.05) is 0 Å². The summed E-state index contributed by atoms with van der Waals surface area (Å²) in [5.74, 6) is 0.659. The van der Waals surface area contributed by atoms with Crippen LogP contribution >= 0.6 is 0 Å². The second-order valence-electron chi connectivity index (χ2n) is 9.53. The Morgan fingerprint density at radius 2 is 1.52 bits per heavy atom. The van der Waals surface area contributed by atoms with Crippen molar-refractivity contribution < 1.29 is 20.4 Å². The summed E-state index contributed by atoms with van der Waals surface area (Å²) in [6, 6.07) is 18.5. The van der Waals surface area contributed by atoms with Crippen LogP contribution in [-0.2, 0) is 26.8 Å². The summed E-state index contributed by atoms with van der Waals surface area (Å²) in [6.45, 7) is 17.1. The molecule has 0 amide bonds. The Morgan fingerprint density at radius 1 is 0.871 bits per heavy atom. The van der Waals surface area contributed by atoms with Gasteiger partial charge >= 0.3 is 198 Å². The Balaban J connectivity index is 1.91. The molecule has 2 heteroatoms. The molecule has 0 bridgehead atoms. The Morgan fingerprint density at radius 3 is 2.13 bits per heavy atom. The van der Waals surface area contributed by atoms with Crippen LogP contribution in [0.4, 0.5) is 0 Å². The Bertz CT molecular complexity index is 1150. The fourth-order valence-electron chi connectivity index (χ4n) is 5.65. The second kappa shape index (κ2) is 9.32. The zero-order chi connectivity index (χ0) is 22.3. The van der Waals surface area contributed by atoms with Gasteiger partial charge in [0.2, 0.25) is 0 Å². The Kier molecular flexibility index (Phi) is 6.90. The molecule has 0 saturated carbocycles. The van der Waals surface area contributed by atoms with E-state index in [-0.39, 0.29) is 5.43 Å². The van der Waals surface area contributed by atoms with E-state index in [4.69, 9.17) is 0 Å². The van der Waals surface area contributed by atoms with E-state index < -0.39 is 20.4 Å². The first-order valence-corrected chi connectivity index (χ1v) is 20.7. The van der Waals surface area contributed by atoms with E-state index in [1.165, 1.54) is 28.7 Å². The molecule has 2 unspecified atom stereocenters. The van der Waals surface area contributed by atoms with E-state index in [0.29, 0.717) is 9.54 Å². The number of hydrogen-bond acceptors (Lipinski definition) is 0. The van der Waals surface area contributed by atoms with Crippen molar-refractivity contribution in [1.29, 1.82) is 0 Å². The van der Waals surface area contributed by atoms with Crippen LogP contribution in [0, 0.1) is 5.92 Å². The van der Waals surface area contributed by atoms with Crippen LogP contribution in [0.25, 0.3) is 5.57 Å². The molecule has 0 saturated heterocycles. The first-order chi connectivity index (χ1) is 14.9. The van der Waals surface area contributed by atoms with Crippen molar-refractivity contribution in [3.63, 3.8) is 0 Å². The minimum atomic E-state index is -1.92. The summed E-state index contributed by atoms with van der Waals surface area (Å²) in [6.07, 6.45) is 5.08. The van der Waals surface area contributed by atoms with Crippen LogP contribution < -0.4 is 0 Å². The fourth-order valence-corrected chi connectivity index (χ4v) is 25.3. The molecule has 0 heterocycles. The normalized spacial score (nSPS) is 20.3. The second-order valence-corrected chi connectivity index (χ2v) is 27.0. The number of hydrogen-bond donors (Lipinski definition) is 0. The van der Waals surface area contributed by atoms with Gasteiger partial charge in [-0.25, -0.2) is 0 Å². The van der Waals surface area contributed by atoms with E-state index in [9.17, 15) is 0 Å². The summed E-state index contributed by atoms with van der Waals surface area (Å²) < 4.78 is 2.59. The van der Waals surface area contributed by atoms with Gasteiger partial charge in [0, 0.05) is 0 Å². The van der Waals surface area contributed by atoms with Gasteiger partial charge < -0.3 is 0 Å². The topological polar surface area (TPSA) is 0 Å². The molecule has 2 aliphatic rings. The van der Waals surface area contributed by atoms with Crippen LogP contribution in [0.5, 0.6) is 0 Å². The number of aryl methyl sites for hydroxylation is 1. The van der Waals surface area contributed by atoms with Crippen LogP contribution in [0.1, 0.15) is 66.9 Å². The molecule has 0 spiro atoms. The van der Waals surface area contributed by atoms with Crippen LogP contribution in [0.15, 0.2) is 74.6 Å². The van der Waals surface area contributed by atoms with Gasteiger partial charge in [0.15, 0.2) is 0 Å². The van der Waals surface area contributed by atoms with Crippen molar-refractivity contribution in [1.82, 2.24) is 0 Å². The predicted molar refractivity (Wildman–Crippen MR) is 134 cm³/mol. The van der Waals surface area contributed by atoms with Gasteiger partial charge in [0.05, 0.1) is 0 Å². The van der Waals surface area contributed by atoms with Crippen molar-refractivity contribution in [2.75, 3.05) is 0 Å². The van der Waals surface area contributed by atoms with Gasteiger partial charge in [-0.15, -0.1) is 0 Å². The average Bonchev–Trinajstić information content (AvgIpc) is 3.22. The molecule has 2 aliphatic carbocycles. The predicted octanol–water partition coefficient (Wildman–Crippen LogP) is 8.25. The molecule has 2 atom stereocenters. The molecule has 0 N–H and O–H groups in total. The third kappa shape index (κ3) is 4.00. The number of rotatable bonds is 5. The number of benzene rings is 2. The monoisotopic (exact) mass is 502 g/mol. The van der Waals surface area contributed by atoms with Crippen molar-refractivity contribution >= 4 is 11.0 Å². The van der Waals surface area contributed by atoms with Gasteiger partial charge in [0.1, 0.15) is 0 Å². The molecule has 0 nitrogen and oxygen atoms in total. The maximum absolute atomic E-state index is 2.72. The molecule has 4 rings (SSSR count). The summed E-state index contributed by atoms with van der Waals surface area (Å²) in [5.41, 5.74) is 12.1. The Hall–Kier alpha value is -1.24. The SMILES string of the molecule is CCCc1ccccc1C1=C[CH]([Zr]([C]2=C(C)C(C)=C(C)C2C)=[Si](C)C)c2ccccc21. The molecule has 0 aromatic heterocycles. The molecule has 0 radical (unpaired) electrons. The van der Waals surface area contributed by atoms with E-state index in [2.05, 4.69) is 102 Å². The van der Waals surface area contributed by atoms with Gasteiger partial charge in [-0.2, -0.15) is 0 Å². The van der Waals surface area contributed by atoms with Crippen molar-refractivity contribution in [3.8, 4) is 0 Å². The van der Waals surface area contributed by atoms with E-state index in [1.54, 1.807) is 22.3 Å². The summed E-state index contributed by atoms with van der Waals surface area (Å²) >= 11 is -1.92. The summed E-state index contributed by atoms with van der Waals surface area (Å²) in [5, 5.41) is 0. The maximum atomic E-state index is 2.72. The van der Waals surface area contributed by atoms with Crippen LogP contribution in [0.3, 0.4) is 0 Å². The van der Waals surface area contributed by atoms with E-state index in [1.807, 2.05) is 3.28 Å². The van der Waals surface area contributed by atoms with E-state index >= 15 is 0 Å². The molecular formula is C29H36SiZr. The third-order valence-corrected chi connectivity index (χ3v) is 26.1. The Labute approximate surface area is 197 Å². The first kappa shape index (κ1) is 22.9. The molecule has 160 valence electrons. The van der Waals surface area contributed by atoms with Gasteiger partial charge in [0.25, 0.3) is 0 Å². The average molecular weight is 504 g/mol. The number of fused-ring (bicyclic) bond motifs is 1. The van der Waals surface area contributed by atoms with Crippen molar-refractivity contribution in [2.45, 2.75) is 64.2 Å². The fraction of sp³-hybridized carbons (Fsp3) is 0.379. The number of allylic oxidation sites excluding steroid dienone is 5. The molecule has 2 aromatic carbocycles. The molecule has 2 aromatic rings. The molecular weight excluding hydrogens is 468 g/mol. The van der Waals surface area contributed by atoms with Crippen molar-refractivity contribution in [3.05, 3.63) is 96.9 Å². The third-order valence-electron chi connectivity index (χ3n) is 7.53. The molecule has 0 fully saturated rings. The summed E-state index contributed by atoms with van der Waals surface area (Å²) in [4.78, 5) is 0. The summed E-state index contributed by atoms with van der Waals surface area (Å²) in [7, 11) is 0. The van der Waals surface area contributed by atoms with Crippen LogP contribution in [-0.4, -0.2) is 5.43 Å². The van der Waals surface area contributed by atoms with Gasteiger partial charge in [-0.05, 0) is 0 Å². The van der Waals surface area contributed by atoms with Crippen molar-refractivity contribution in [2.24, 2.45) is 5.92 Å². The molecule has 0 aliphatic heterocycles. The first-order valence-electron chi connectivity index (χ1n) is 11.8. The standard InChI is InChI=1S/C18H17.C9H13.C2H6Si.Zr/c1-2-7-14-8-3-5-10-16(14)18-13-12-15-9-4-6-11-17(15)18;1-6-5-7(2)9(4)8(6)3;1-3-2;/h3-6,8-13H,2,7H2,1H3;6H,1-4H3;1-2H3;. The zero-order valence-electron chi connectivity index (χ0n) is 20.3. The quantitative estimate of drug-likeness (QED) is 0.360. The van der Waals surface area contributed by atoms with Gasteiger partial charge in [-0.3, -0.25) is 0 Å². The van der Waals surface area contributed by atoms with Crippen LogP contribution in [0.2, 0.25) is 13.1 Å².